The molecule has 6 nitrogen and oxygen atoms in total. The molecule has 0 aliphatic heterocycles. The molecule has 0 fully saturated rings. The summed E-state index contributed by atoms with van der Waals surface area (Å²) in [7, 11) is 1.82. The number of rotatable bonds is 3. The Balaban J connectivity index is 2.28. The molecule has 2 rings (SSSR count). The minimum Gasteiger partial charge on any atom is -0.323 e. The van der Waals surface area contributed by atoms with Gasteiger partial charge in [0.1, 0.15) is 17.3 Å². The summed E-state index contributed by atoms with van der Waals surface area (Å²) in [6.07, 6.45) is 1.97. The number of aryl methyl sites for hydroxylation is 1. The second kappa shape index (κ2) is 3.64. The summed E-state index contributed by atoms with van der Waals surface area (Å²) in [5.74, 6) is 1.27. The van der Waals surface area contributed by atoms with E-state index < -0.39 is 0 Å². The summed E-state index contributed by atoms with van der Waals surface area (Å²) in [6.45, 7) is 1.52. The molecule has 6 heteroatoms. The third-order valence-corrected chi connectivity index (χ3v) is 2.01. The Morgan fingerprint density at radius 3 is 2.93 bits per heavy atom. The summed E-state index contributed by atoms with van der Waals surface area (Å²) in [4.78, 5) is 13.9. The van der Waals surface area contributed by atoms with E-state index in [4.69, 9.17) is 0 Å². The molecule has 1 N–H and O–H groups in total. The van der Waals surface area contributed by atoms with Crippen molar-refractivity contribution in [1.29, 1.82) is 0 Å². The van der Waals surface area contributed by atoms with Gasteiger partial charge in [-0.05, 0) is 13.0 Å². The predicted molar refractivity (Wildman–Crippen MR) is 53.0 cm³/mol. The number of ketones is 1. The van der Waals surface area contributed by atoms with Crippen LogP contribution in [-0.2, 0) is 18.3 Å². The molecule has 2 aromatic rings. The van der Waals surface area contributed by atoms with Gasteiger partial charge in [0.15, 0.2) is 5.82 Å². The van der Waals surface area contributed by atoms with Crippen LogP contribution in [0.2, 0.25) is 0 Å². The van der Waals surface area contributed by atoms with E-state index in [-0.39, 0.29) is 12.2 Å². The molecule has 0 aliphatic rings. The monoisotopic (exact) mass is 205 g/mol. The van der Waals surface area contributed by atoms with Gasteiger partial charge in [-0.15, -0.1) is 10.2 Å². The van der Waals surface area contributed by atoms with E-state index in [1.807, 2.05) is 13.1 Å². The maximum atomic E-state index is 10.9. The normalized spacial score (nSPS) is 10.5. The number of nitrogens with one attached hydrogen (secondary N) is 1. The molecule has 0 aliphatic carbocycles. The standard InChI is InChI=1S/C9H11N5O/c1-6(15)5-8-11-9(13-12-8)7-3-4-10-14(7)2/h3-4H,5H2,1-2H3,(H,11,12,13). The van der Waals surface area contributed by atoms with E-state index in [1.54, 1.807) is 10.9 Å². The van der Waals surface area contributed by atoms with Gasteiger partial charge in [0.2, 0.25) is 0 Å². The Morgan fingerprint density at radius 1 is 1.53 bits per heavy atom. The minimum absolute atomic E-state index is 0.0581. The van der Waals surface area contributed by atoms with Gasteiger partial charge < -0.3 is 4.98 Å². The number of H-pyrrole nitrogens is 1. The molecule has 0 bridgehead atoms. The number of aromatic amines is 1. The number of aromatic nitrogens is 5. The van der Waals surface area contributed by atoms with Crippen LogP contribution < -0.4 is 0 Å². The largest absolute Gasteiger partial charge is 0.323 e. The van der Waals surface area contributed by atoms with Crippen LogP contribution in [0.4, 0.5) is 0 Å². The molecule has 0 amide bonds. The number of nitrogens with zero attached hydrogens (tertiary/aromatic N) is 4. The molecule has 0 aromatic carbocycles. The van der Waals surface area contributed by atoms with E-state index in [9.17, 15) is 4.79 Å². The van der Waals surface area contributed by atoms with Crippen LogP contribution in [0.5, 0.6) is 0 Å². The maximum absolute atomic E-state index is 10.9. The first kappa shape index (κ1) is 9.57. The zero-order chi connectivity index (χ0) is 10.8. The van der Waals surface area contributed by atoms with Crippen molar-refractivity contribution < 1.29 is 4.79 Å². The van der Waals surface area contributed by atoms with Crippen molar-refractivity contribution in [3.8, 4) is 11.5 Å². The molecule has 2 heterocycles. The highest BCUT2D eigenvalue weighted by atomic mass is 16.1. The van der Waals surface area contributed by atoms with Gasteiger partial charge >= 0.3 is 0 Å². The molecule has 0 spiro atoms. The smallest absolute Gasteiger partial charge is 0.179 e. The van der Waals surface area contributed by atoms with Crippen molar-refractivity contribution in [2.24, 2.45) is 7.05 Å². The Labute approximate surface area is 86.3 Å². The third-order valence-electron chi connectivity index (χ3n) is 2.01. The van der Waals surface area contributed by atoms with E-state index in [1.165, 1.54) is 6.92 Å². The molecular formula is C9H11N5O. The summed E-state index contributed by atoms with van der Waals surface area (Å²) >= 11 is 0. The van der Waals surface area contributed by atoms with Crippen LogP contribution in [0.1, 0.15) is 12.7 Å². The Bertz CT molecular complexity index is 484. The van der Waals surface area contributed by atoms with Crippen molar-refractivity contribution in [3.63, 3.8) is 0 Å². The topological polar surface area (TPSA) is 76.5 Å². The van der Waals surface area contributed by atoms with Crippen molar-refractivity contribution in [3.05, 3.63) is 18.1 Å². The molecule has 2 aromatic heterocycles. The number of carbonyl (C=O) groups is 1. The summed E-state index contributed by atoms with van der Waals surface area (Å²) < 4.78 is 1.69. The van der Waals surface area contributed by atoms with Gasteiger partial charge in [-0.1, -0.05) is 0 Å². The lowest BCUT2D eigenvalue weighted by atomic mass is 10.3. The molecule has 0 unspecified atom stereocenters. The lowest BCUT2D eigenvalue weighted by Gasteiger charge is -1.95. The fourth-order valence-corrected chi connectivity index (χ4v) is 1.33. The summed E-state index contributed by atoms with van der Waals surface area (Å²) in [5, 5.41) is 11.9. The lowest BCUT2D eigenvalue weighted by molar-refractivity contribution is -0.116. The van der Waals surface area contributed by atoms with Crippen molar-refractivity contribution in [2.75, 3.05) is 0 Å². The van der Waals surface area contributed by atoms with Gasteiger partial charge in [-0.3, -0.25) is 9.48 Å². The van der Waals surface area contributed by atoms with Crippen LogP contribution in [0.25, 0.3) is 11.5 Å². The lowest BCUT2D eigenvalue weighted by Crippen LogP contribution is -1.98. The van der Waals surface area contributed by atoms with Crippen LogP contribution in [0, 0.1) is 0 Å². The first-order valence-corrected chi connectivity index (χ1v) is 4.56. The molecular weight excluding hydrogens is 194 g/mol. The average molecular weight is 205 g/mol. The Morgan fingerprint density at radius 2 is 2.33 bits per heavy atom. The number of hydrogen-bond acceptors (Lipinski definition) is 4. The maximum Gasteiger partial charge on any atom is 0.179 e. The Hall–Kier alpha value is -1.98. The average Bonchev–Trinajstić information content (AvgIpc) is 2.72. The van der Waals surface area contributed by atoms with Gasteiger partial charge in [-0.25, -0.2) is 0 Å². The van der Waals surface area contributed by atoms with Gasteiger partial charge in [-0.2, -0.15) is 5.10 Å². The van der Waals surface area contributed by atoms with Crippen molar-refractivity contribution in [1.82, 2.24) is 25.0 Å². The highest BCUT2D eigenvalue weighted by Crippen LogP contribution is 2.12. The third kappa shape index (κ3) is 1.93. The molecule has 0 saturated heterocycles. The fraction of sp³-hybridized carbons (Fsp3) is 0.333. The SMILES string of the molecule is CC(=O)Cc1nnc(-c2ccnn2C)[nH]1. The van der Waals surface area contributed by atoms with Crippen LogP contribution in [-0.4, -0.2) is 30.7 Å². The second-order valence-electron chi connectivity index (χ2n) is 3.34. The molecule has 0 radical (unpaired) electrons. The Kier molecular flexibility index (Phi) is 2.32. The fourth-order valence-electron chi connectivity index (χ4n) is 1.33. The summed E-state index contributed by atoms with van der Waals surface area (Å²) in [5.41, 5.74) is 0.845. The second-order valence-corrected chi connectivity index (χ2v) is 3.34. The summed E-state index contributed by atoms with van der Waals surface area (Å²) in [6, 6.07) is 1.83. The van der Waals surface area contributed by atoms with Crippen LogP contribution >= 0.6 is 0 Å². The number of Topliss-reactive ketones (excluding diaryl/α,β-unsaturated/α-hetero) is 1. The zero-order valence-electron chi connectivity index (χ0n) is 8.56. The molecule has 78 valence electrons. The van der Waals surface area contributed by atoms with Crippen LogP contribution in [0.3, 0.4) is 0 Å². The highest BCUT2D eigenvalue weighted by Gasteiger charge is 2.09. The molecule has 15 heavy (non-hydrogen) atoms. The zero-order valence-corrected chi connectivity index (χ0v) is 8.56. The molecule has 0 saturated carbocycles. The van der Waals surface area contributed by atoms with E-state index in [0.29, 0.717) is 11.6 Å². The van der Waals surface area contributed by atoms with E-state index in [2.05, 4.69) is 20.3 Å². The van der Waals surface area contributed by atoms with Gasteiger partial charge in [0.05, 0.1) is 6.42 Å². The first-order valence-electron chi connectivity index (χ1n) is 4.56. The quantitative estimate of drug-likeness (QED) is 0.783. The van der Waals surface area contributed by atoms with E-state index >= 15 is 0 Å². The minimum atomic E-state index is 0.0581. The first-order chi connectivity index (χ1) is 7.16. The van der Waals surface area contributed by atoms with Gasteiger partial charge in [0, 0.05) is 13.2 Å². The molecule has 0 atom stereocenters. The van der Waals surface area contributed by atoms with Gasteiger partial charge in [0.25, 0.3) is 0 Å². The van der Waals surface area contributed by atoms with Crippen LogP contribution in [0.15, 0.2) is 12.3 Å². The number of hydrogen-bond donors (Lipinski definition) is 1. The van der Waals surface area contributed by atoms with E-state index in [0.717, 1.165) is 5.69 Å². The highest BCUT2D eigenvalue weighted by molar-refractivity contribution is 5.77. The predicted octanol–water partition coefficient (Wildman–Crippen LogP) is 0.337. The van der Waals surface area contributed by atoms with Crippen molar-refractivity contribution in [2.45, 2.75) is 13.3 Å². The number of carbonyl (C=O) groups excluding carboxylic acids is 1. The van der Waals surface area contributed by atoms with Crippen molar-refractivity contribution >= 4 is 5.78 Å².